The highest BCUT2D eigenvalue weighted by molar-refractivity contribution is 6.59. The predicted molar refractivity (Wildman–Crippen MR) is 94.9 cm³/mol. The molecule has 0 saturated carbocycles. The molecule has 5 nitrogen and oxygen atoms in total. The lowest BCUT2D eigenvalue weighted by Gasteiger charge is -2.16. The molecule has 1 N–H and O–H groups in total. The van der Waals surface area contributed by atoms with Crippen LogP contribution in [0.4, 0.5) is 11.4 Å². The molecule has 2 aromatic rings. The van der Waals surface area contributed by atoms with E-state index in [0.717, 1.165) is 0 Å². The summed E-state index contributed by atoms with van der Waals surface area (Å²) >= 11 is 11.7. The maximum absolute atomic E-state index is 11.7. The van der Waals surface area contributed by atoms with Crippen molar-refractivity contribution in [3.8, 4) is 0 Å². The molecule has 1 aliphatic heterocycles. The highest BCUT2D eigenvalue weighted by Crippen LogP contribution is 2.20. The largest absolute Gasteiger partial charge is 0.302 e. The fourth-order valence-corrected chi connectivity index (χ4v) is 2.32. The summed E-state index contributed by atoms with van der Waals surface area (Å²) in [4.78, 5) is 32.1. The average Bonchev–Trinajstić information content (AvgIpc) is 2.56. The first kappa shape index (κ1) is 16.4. The van der Waals surface area contributed by atoms with Gasteiger partial charge in [-0.3, -0.25) is 9.59 Å². The first-order valence-electron chi connectivity index (χ1n) is 7.03. The minimum atomic E-state index is -0.697. The molecule has 1 fully saturated rings. The number of rotatable bonds is 2. The monoisotopic (exact) mass is 359 g/mol. The second-order valence-corrected chi connectivity index (χ2v) is 5.90. The normalized spacial score (nSPS) is 18.1. The fourth-order valence-electron chi connectivity index (χ4n) is 2.07. The first-order valence-corrected chi connectivity index (χ1v) is 7.79. The van der Waals surface area contributed by atoms with Gasteiger partial charge < -0.3 is 5.32 Å². The Bertz CT molecular complexity index is 783. The third kappa shape index (κ3) is 3.88. The Kier molecular flexibility index (Phi) is 4.74. The minimum Gasteiger partial charge on any atom is -0.302 e. The van der Waals surface area contributed by atoms with Gasteiger partial charge in [-0.05, 0) is 48.5 Å². The van der Waals surface area contributed by atoms with Crippen LogP contribution in [0, 0.1) is 0 Å². The first-order chi connectivity index (χ1) is 11.5. The molecule has 24 heavy (non-hydrogen) atoms. The van der Waals surface area contributed by atoms with Crippen molar-refractivity contribution in [2.75, 3.05) is 0 Å². The van der Waals surface area contributed by atoms with Gasteiger partial charge in [-0.1, -0.05) is 23.2 Å². The maximum atomic E-state index is 11.7. The van der Waals surface area contributed by atoms with E-state index in [1.54, 1.807) is 48.5 Å². The zero-order valence-corrected chi connectivity index (χ0v) is 13.8. The summed E-state index contributed by atoms with van der Waals surface area (Å²) in [5.41, 5.74) is 1.59. The lowest BCUT2D eigenvalue weighted by atomic mass is 10.1. The highest BCUT2D eigenvalue weighted by Gasteiger charge is 2.28. The Labute approximate surface area is 148 Å². The molecule has 1 aliphatic rings. The third-order valence-electron chi connectivity index (χ3n) is 3.24. The number of hydrogen-bond acceptors (Lipinski definition) is 4. The summed E-state index contributed by atoms with van der Waals surface area (Å²) in [6.45, 7) is 0. The number of Topliss-reactive ketones (excluding diaryl/α,β-unsaturated/α-hetero) is 1. The Hall–Kier alpha value is -2.50. The number of nitrogens with zero attached hydrogens (tertiary/aromatic N) is 2. The van der Waals surface area contributed by atoms with Crippen LogP contribution in [0.3, 0.4) is 0 Å². The van der Waals surface area contributed by atoms with Gasteiger partial charge in [0.2, 0.25) is 5.78 Å². The third-order valence-corrected chi connectivity index (χ3v) is 3.75. The second-order valence-electron chi connectivity index (χ2n) is 5.03. The SMILES string of the molecule is O=C1CC(=Nc2ccc(Cl)cc2)C(=Nc2ccc(Cl)cc2)NC1=O. The van der Waals surface area contributed by atoms with Crippen molar-refractivity contribution < 1.29 is 9.59 Å². The molecule has 1 heterocycles. The quantitative estimate of drug-likeness (QED) is 0.826. The summed E-state index contributed by atoms with van der Waals surface area (Å²) in [5, 5.41) is 3.65. The molecule has 0 radical (unpaired) electrons. The Morgan fingerprint density at radius 1 is 0.792 bits per heavy atom. The van der Waals surface area contributed by atoms with E-state index in [2.05, 4.69) is 15.3 Å². The van der Waals surface area contributed by atoms with Gasteiger partial charge in [-0.25, -0.2) is 9.98 Å². The molecule has 0 aromatic heterocycles. The van der Waals surface area contributed by atoms with Crippen LogP contribution in [0.5, 0.6) is 0 Å². The Balaban J connectivity index is 1.99. The number of carbonyl (C=O) groups excluding carboxylic acids is 2. The molecule has 120 valence electrons. The summed E-state index contributed by atoms with van der Waals surface area (Å²) in [5.74, 6) is -1.01. The molecule has 1 amide bonds. The zero-order valence-electron chi connectivity index (χ0n) is 12.3. The molecule has 3 rings (SSSR count). The van der Waals surface area contributed by atoms with E-state index in [1.165, 1.54) is 0 Å². The number of benzene rings is 2. The van der Waals surface area contributed by atoms with Crippen LogP contribution in [0.25, 0.3) is 0 Å². The molecule has 0 unspecified atom stereocenters. The van der Waals surface area contributed by atoms with Gasteiger partial charge in [-0.2, -0.15) is 0 Å². The van der Waals surface area contributed by atoms with Crippen molar-refractivity contribution in [1.82, 2.24) is 5.32 Å². The van der Waals surface area contributed by atoms with Crippen LogP contribution in [0.1, 0.15) is 6.42 Å². The molecule has 0 spiro atoms. The van der Waals surface area contributed by atoms with Gasteiger partial charge in [0.25, 0.3) is 5.91 Å². The summed E-state index contributed by atoms with van der Waals surface area (Å²) < 4.78 is 0. The fraction of sp³-hybridized carbons (Fsp3) is 0.0588. The standard InChI is InChI=1S/C17H11Cl2N3O2/c18-10-1-5-12(6-2-10)20-14-9-15(23)17(24)22-16(14)21-13-7-3-11(19)4-8-13/h1-8H,9H2,(H,21,22,24). The number of amidine groups is 1. The number of halogens is 2. The molecule has 0 atom stereocenters. The van der Waals surface area contributed by atoms with Gasteiger partial charge in [0, 0.05) is 10.0 Å². The van der Waals surface area contributed by atoms with Crippen molar-refractivity contribution in [3.63, 3.8) is 0 Å². The van der Waals surface area contributed by atoms with Crippen molar-refractivity contribution >= 4 is 57.8 Å². The van der Waals surface area contributed by atoms with E-state index in [0.29, 0.717) is 27.1 Å². The smallest absolute Gasteiger partial charge is 0.293 e. The number of ketones is 1. The van der Waals surface area contributed by atoms with E-state index in [1.807, 2.05) is 0 Å². The summed E-state index contributed by atoms with van der Waals surface area (Å²) in [7, 11) is 0. The van der Waals surface area contributed by atoms with E-state index >= 15 is 0 Å². The number of hydrogen-bond donors (Lipinski definition) is 1. The second kappa shape index (κ2) is 6.95. The van der Waals surface area contributed by atoms with Gasteiger partial charge >= 0.3 is 0 Å². The number of carbonyl (C=O) groups is 2. The van der Waals surface area contributed by atoms with Crippen LogP contribution in [-0.2, 0) is 9.59 Å². The molecular weight excluding hydrogens is 349 g/mol. The van der Waals surface area contributed by atoms with Gasteiger partial charge in [0.15, 0.2) is 5.84 Å². The summed E-state index contributed by atoms with van der Waals surface area (Å²) in [6, 6.07) is 13.6. The lowest BCUT2D eigenvalue weighted by Crippen LogP contribution is -2.47. The molecule has 0 aliphatic carbocycles. The minimum absolute atomic E-state index is 0.110. The van der Waals surface area contributed by atoms with Crippen LogP contribution in [0.15, 0.2) is 58.5 Å². The van der Waals surface area contributed by atoms with Crippen molar-refractivity contribution in [3.05, 3.63) is 58.6 Å². The van der Waals surface area contributed by atoms with Gasteiger partial charge in [0.1, 0.15) is 0 Å². The van der Waals surface area contributed by atoms with Crippen molar-refractivity contribution in [2.24, 2.45) is 9.98 Å². The van der Waals surface area contributed by atoms with Gasteiger partial charge in [0.05, 0.1) is 23.5 Å². The average molecular weight is 360 g/mol. The van der Waals surface area contributed by atoms with Crippen molar-refractivity contribution in [2.45, 2.75) is 6.42 Å². The van der Waals surface area contributed by atoms with Crippen LogP contribution < -0.4 is 5.32 Å². The molecule has 0 bridgehead atoms. The number of aliphatic imine (C=N–C) groups is 2. The number of piperidine rings is 1. The maximum Gasteiger partial charge on any atom is 0.293 e. The van der Waals surface area contributed by atoms with Crippen molar-refractivity contribution in [1.29, 1.82) is 0 Å². The van der Waals surface area contributed by atoms with Crippen LogP contribution in [-0.4, -0.2) is 23.2 Å². The van der Waals surface area contributed by atoms with E-state index in [4.69, 9.17) is 23.2 Å². The molecular formula is C17H11Cl2N3O2. The summed E-state index contributed by atoms with van der Waals surface area (Å²) in [6.07, 6.45) is -0.110. The van der Waals surface area contributed by atoms with E-state index in [9.17, 15) is 9.59 Å². The van der Waals surface area contributed by atoms with Crippen LogP contribution >= 0.6 is 23.2 Å². The topological polar surface area (TPSA) is 70.9 Å². The molecule has 2 aromatic carbocycles. The van der Waals surface area contributed by atoms with Crippen LogP contribution in [0.2, 0.25) is 10.0 Å². The Morgan fingerprint density at radius 2 is 1.29 bits per heavy atom. The highest BCUT2D eigenvalue weighted by atomic mass is 35.5. The van der Waals surface area contributed by atoms with E-state index < -0.39 is 11.7 Å². The van der Waals surface area contributed by atoms with Gasteiger partial charge in [-0.15, -0.1) is 0 Å². The zero-order chi connectivity index (χ0) is 17.1. The number of amides is 1. The number of nitrogens with one attached hydrogen (secondary N) is 1. The molecule has 7 heteroatoms. The molecule has 1 saturated heterocycles. The van der Waals surface area contributed by atoms with E-state index in [-0.39, 0.29) is 12.3 Å². The lowest BCUT2D eigenvalue weighted by molar-refractivity contribution is -0.136. The Morgan fingerprint density at radius 3 is 1.83 bits per heavy atom. The predicted octanol–water partition coefficient (Wildman–Crippen LogP) is 3.89.